The number of benzene rings is 1. The second kappa shape index (κ2) is 5.55. The number of nitrogens with zero attached hydrogens (tertiary/aromatic N) is 1. The Hall–Kier alpha value is -1.49. The van der Waals surface area contributed by atoms with Crippen LogP contribution in [0.4, 0.5) is 0 Å². The predicted molar refractivity (Wildman–Crippen MR) is 65.4 cm³/mol. The Balaban J connectivity index is 2.52. The molecule has 0 fully saturated rings. The topological polar surface area (TPSA) is 33.0 Å². The molecule has 0 aliphatic rings. The summed E-state index contributed by atoms with van der Waals surface area (Å²) in [5.41, 5.74) is 1.11. The number of hydrogen-bond donors (Lipinski definition) is 0. The largest absolute Gasteiger partial charge is 0.488 e. The maximum atomic E-state index is 8.45. The number of ether oxygens (including phenoxy) is 1. The molecule has 86 valence electrons. The van der Waals surface area contributed by atoms with Gasteiger partial charge in [0.05, 0.1) is 6.07 Å². The van der Waals surface area contributed by atoms with Gasteiger partial charge in [-0.05, 0) is 51.3 Å². The van der Waals surface area contributed by atoms with Crippen LogP contribution in [0.5, 0.6) is 5.75 Å². The van der Waals surface area contributed by atoms with Crippen LogP contribution in [-0.4, -0.2) is 5.60 Å². The fraction of sp³-hybridized carbons (Fsp3) is 0.500. The molecule has 0 unspecified atom stereocenters. The average molecular weight is 217 g/mol. The fourth-order valence-corrected chi connectivity index (χ4v) is 1.45. The van der Waals surface area contributed by atoms with Crippen LogP contribution in [-0.2, 0) is 6.42 Å². The maximum absolute atomic E-state index is 8.45. The summed E-state index contributed by atoms with van der Waals surface area (Å²) in [6.45, 7) is 6.11. The molecule has 1 rings (SSSR count). The molecular formula is C14H19NO. The molecule has 0 saturated carbocycles. The van der Waals surface area contributed by atoms with Gasteiger partial charge in [0.25, 0.3) is 0 Å². The van der Waals surface area contributed by atoms with Crippen LogP contribution >= 0.6 is 0 Å². The zero-order valence-corrected chi connectivity index (χ0v) is 10.3. The highest BCUT2D eigenvalue weighted by atomic mass is 16.5. The minimum atomic E-state index is -0.150. The molecule has 2 heteroatoms. The third-order valence-corrected chi connectivity index (χ3v) is 2.10. The van der Waals surface area contributed by atoms with Gasteiger partial charge < -0.3 is 4.74 Å². The minimum Gasteiger partial charge on any atom is -0.488 e. The number of unbranched alkanes of at least 4 members (excludes halogenated alkanes) is 1. The van der Waals surface area contributed by atoms with Gasteiger partial charge in [0.1, 0.15) is 11.4 Å². The lowest BCUT2D eigenvalue weighted by Crippen LogP contribution is -2.22. The Labute approximate surface area is 97.9 Å². The van der Waals surface area contributed by atoms with Crippen molar-refractivity contribution in [2.75, 3.05) is 0 Å². The molecule has 0 aliphatic heterocycles. The first-order valence-corrected chi connectivity index (χ1v) is 5.66. The highest BCUT2D eigenvalue weighted by Gasteiger charge is 2.11. The zero-order chi connectivity index (χ0) is 12.0. The lowest BCUT2D eigenvalue weighted by Gasteiger charge is -2.21. The van der Waals surface area contributed by atoms with Crippen molar-refractivity contribution in [1.29, 1.82) is 5.26 Å². The standard InChI is InChI=1S/C14H19NO/c1-14(2,3)16-13-9-7-12(8-10-13)6-4-5-11-15/h7-10H,4-6H2,1-3H3. The molecule has 16 heavy (non-hydrogen) atoms. The zero-order valence-electron chi connectivity index (χ0n) is 10.3. The Bertz CT molecular complexity index is 354. The second-order valence-corrected chi connectivity index (χ2v) is 4.87. The fourth-order valence-electron chi connectivity index (χ4n) is 1.45. The highest BCUT2D eigenvalue weighted by Crippen LogP contribution is 2.19. The summed E-state index contributed by atoms with van der Waals surface area (Å²) in [6.07, 6.45) is 2.51. The third kappa shape index (κ3) is 4.84. The van der Waals surface area contributed by atoms with E-state index in [9.17, 15) is 0 Å². The van der Waals surface area contributed by atoms with Crippen molar-refractivity contribution in [3.05, 3.63) is 29.8 Å². The molecule has 0 aromatic heterocycles. The lowest BCUT2D eigenvalue weighted by atomic mass is 10.1. The second-order valence-electron chi connectivity index (χ2n) is 4.87. The minimum absolute atomic E-state index is 0.150. The normalized spacial score (nSPS) is 10.9. The van der Waals surface area contributed by atoms with E-state index in [2.05, 4.69) is 18.2 Å². The van der Waals surface area contributed by atoms with Crippen molar-refractivity contribution in [3.63, 3.8) is 0 Å². The van der Waals surface area contributed by atoms with Gasteiger partial charge in [-0.15, -0.1) is 0 Å². The van der Waals surface area contributed by atoms with E-state index in [0.717, 1.165) is 18.6 Å². The summed E-state index contributed by atoms with van der Waals surface area (Å²) >= 11 is 0. The summed E-state index contributed by atoms with van der Waals surface area (Å²) in [7, 11) is 0. The average Bonchev–Trinajstić information content (AvgIpc) is 2.19. The van der Waals surface area contributed by atoms with Crippen LogP contribution < -0.4 is 4.74 Å². The first-order valence-electron chi connectivity index (χ1n) is 5.66. The van der Waals surface area contributed by atoms with Gasteiger partial charge in [0.2, 0.25) is 0 Å². The van der Waals surface area contributed by atoms with Crippen molar-refractivity contribution in [1.82, 2.24) is 0 Å². The van der Waals surface area contributed by atoms with Crippen molar-refractivity contribution < 1.29 is 4.74 Å². The Morgan fingerprint density at radius 3 is 2.31 bits per heavy atom. The lowest BCUT2D eigenvalue weighted by molar-refractivity contribution is 0.131. The monoisotopic (exact) mass is 217 g/mol. The summed E-state index contributed by atoms with van der Waals surface area (Å²) in [5, 5.41) is 8.45. The third-order valence-electron chi connectivity index (χ3n) is 2.10. The molecule has 2 nitrogen and oxygen atoms in total. The van der Waals surface area contributed by atoms with E-state index in [4.69, 9.17) is 10.00 Å². The highest BCUT2D eigenvalue weighted by molar-refractivity contribution is 5.27. The summed E-state index contributed by atoms with van der Waals surface area (Å²) in [4.78, 5) is 0. The van der Waals surface area contributed by atoms with Crippen molar-refractivity contribution in [3.8, 4) is 11.8 Å². The van der Waals surface area contributed by atoms with Crippen LogP contribution in [0.1, 0.15) is 39.2 Å². The van der Waals surface area contributed by atoms with Gasteiger partial charge in [-0.1, -0.05) is 12.1 Å². The Morgan fingerprint density at radius 1 is 1.19 bits per heavy atom. The maximum Gasteiger partial charge on any atom is 0.120 e. The van der Waals surface area contributed by atoms with E-state index in [0.29, 0.717) is 6.42 Å². The number of hydrogen-bond acceptors (Lipinski definition) is 2. The summed E-state index contributed by atoms with van der Waals surface area (Å²) in [6, 6.07) is 10.3. The summed E-state index contributed by atoms with van der Waals surface area (Å²) < 4.78 is 5.73. The van der Waals surface area contributed by atoms with E-state index in [1.54, 1.807) is 0 Å². The molecule has 0 radical (unpaired) electrons. The van der Waals surface area contributed by atoms with Gasteiger partial charge >= 0.3 is 0 Å². The summed E-state index contributed by atoms with van der Waals surface area (Å²) in [5.74, 6) is 0.900. The van der Waals surface area contributed by atoms with Crippen LogP contribution in [0.15, 0.2) is 24.3 Å². The molecule has 0 aliphatic carbocycles. The van der Waals surface area contributed by atoms with Gasteiger partial charge in [0, 0.05) is 6.42 Å². The Morgan fingerprint density at radius 2 is 1.81 bits per heavy atom. The van der Waals surface area contributed by atoms with Gasteiger partial charge in [-0.2, -0.15) is 5.26 Å². The first kappa shape index (κ1) is 12.6. The molecule has 0 heterocycles. The SMILES string of the molecule is CC(C)(C)Oc1ccc(CCCC#N)cc1. The van der Waals surface area contributed by atoms with Crippen molar-refractivity contribution in [2.45, 2.75) is 45.6 Å². The van der Waals surface area contributed by atoms with Crippen molar-refractivity contribution >= 4 is 0 Å². The van der Waals surface area contributed by atoms with E-state index in [1.165, 1.54) is 5.56 Å². The van der Waals surface area contributed by atoms with E-state index >= 15 is 0 Å². The van der Waals surface area contributed by atoms with Crippen LogP contribution in [0.3, 0.4) is 0 Å². The molecule has 0 bridgehead atoms. The molecule has 1 aromatic carbocycles. The van der Waals surface area contributed by atoms with Crippen LogP contribution in [0.25, 0.3) is 0 Å². The Kier molecular flexibility index (Phi) is 4.37. The number of aryl methyl sites for hydroxylation is 1. The van der Waals surface area contributed by atoms with Crippen LogP contribution in [0.2, 0.25) is 0 Å². The molecule has 0 saturated heterocycles. The van der Waals surface area contributed by atoms with Crippen LogP contribution in [0, 0.1) is 11.3 Å². The number of nitriles is 1. The molecule has 1 aromatic rings. The predicted octanol–water partition coefficient (Wildman–Crippen LogP) is 3.71. The number of rotatable bonds is 4. The van der Waals surface area contributed by atoms with Gasteiger partial charge in [0.15, 0.2) is 0 Å². The first-order chi connectivity index (χ1) is 7.51. The smallest absolute Gasteiger partial charge is 0.120 e. The molecule has 0 spiro atoms. The van der Waals surface area contributed by atoms with E-state index < -0.39 is 0 Å². The molecular weight excluding hydrogens is 198 g/mol. The molecule has 0 amide bonds. The molecule has 0 N–H and O–H groups in total. The van der Waals surface area contributed by atoms with E-state index in [1.807, 2.05) is 32.9 Å². The van der Waals surface area contributed by atoms with Crippen molar-refractivity contribution in [2.24, 2.45) is 0 Å². The molecule has 0 atom stereocenters. The van der Waals surface area contributed by atoms with Gasteiger partial charge in [-0.25, -0.2) is 0 Å². The van der Waals surface area contributed by atoms with E-state index in [-0.39, 0.29) is 5.60 Å². The quantitative estimate of drug-likeness (QED) is 0.720. The van der Waals surface area contributed by atoms with Gasteiger partial charge in [-0.3, -0.25) is 0 Å².